The highest BCUT2D eigenvalue weighted by Crippen LogP contribution is 2.37. The van der Waals surface area contributed by atoms with Crippen molar-refractivity contribution < 1.29 is 32.2 Å². The summed E-state index contributed by atoms with van der Waals surface area (Å²) in [6.45, 7) is 5.70. The molecule has 1 amide bonds. The van der Waals surface area contributed by atoms with Gasteiger partial charge in [-0.25, -0.2) is 0 Å². The lowest BCUT2D eigenvalue weighted by Crippen LogP contribution is -2.25. The standard InChI is InChI=1S/C26H25ClF3NO4S/c1-14-11-19(12-15(2)23(14)17-5-7-18(8-6-17)26(28,29)30)35-16(3)21-13-20(27)24(36-21)25(33)31-10-9-22(32)34-4/h5-8,11-13,16H,9-10H2,1-4H3,(H,31,33). The zero-order valence-corrected chi connectivity index (χ0v) is 21.7. The van der Waals surface area contributed by atoms with Crippen LogP contribution in [0.4, 0.5) is 13.2 Å². The van der Waals surface area contributed by atoms with Gasteiger partial charge in [-0.05, 0) is 73.4 Å². The Hall–Kier alpha value is -3.04. The molecule has 1 atom stereocenters. The number of thiophene rings is 1. The van der Waals surface area contributed by atoms with Crippen molar-refractivity contribution >= 4 is 34.8 Å². The molecule has 2 aromatic carbocycles. The first kappa shape index (κ1) is 27.5. The fourth-order valence-electron chi connectivity index (χ4n) is 3.74. The topological polar surface area (TPSA) is 64.6 Å². The number of alkyl halides is 3. The normalized spacial score (nSPS) is 12.2. The lowest BCUT2D eigenvalue weighted by molar-refractivity contribution is -0.140. The van der Waals surface area contributed by atoms with Gasteiger partial charge in [-0.15, -0.1) is 11.3 Å². The Morgan fingerprint density at radius 2 is 1.69 bits per heavy atom. The van der Waals surface area contributed by atoms with Crippen LogP contribution in [-0.2, 0) is 15.7 Å². The van der Waals surface area contributed by atoms with Gasteiger partial charge in [0.25, 0.3) is 5.91 Å². The number of carbonyl (C=O) groups is 2. The van der Waals surface area contributed by atoms with E-state index in [-0.39, 0.29) is 23.9 Å². The minimum Gasteiger partial charge on any atom is -0.485 e. The number of carbonyl (C=O) groups excluding carboxylic acids is 2. The molecule has 1 unspecified atom stereocenters. The van der Waals surface area contributed by atoms with Crippen molar-refractivity contribution in [3.63, 3.8) is 0 Å². The first-order valence-electron chi connectivity index (χ1n) is 11.0. The van der Waals surface area contributed by atoms with Gasteiger partial charge < -0.3 is 14.8 Å². The Bertz CT molecular complexity index is 1230. The zero-order chi connectivity index (χ0) is 26.6. The van der Waals surface area contributed by atoms with Crippen LogP contribution in [0.3, 0.4) is 0 Å². The minimum absolute atomic E-state index is 0.0543. The quantitative estimate of drug-likeness (QED) is 0.309. The second-order valence-electron chi connectivity index (χ2n) is 8.18. The number of benzene rings is 2. The van der Waals surface area contributed by atoms with E-state index in [0.29, 0.717) is 16.2 Å². The van der Waals surface area contributed by atoms with E-state index in [4.69, 9.17) is 16.3 Å². The van der Waals surface area contributed by atoms with Crippen LogP contribution in [0.2, 0.25) is 5.02 Å². The van der Waals surface area contributed by atoms with Gasteiger partial charge in [0.2, 0.25) is 0 Å². The van der Waals surface area contributed by atoms with Crippen LogP contribution in [-0.4, -0.2) is 25.5 Å². The Kier molecular flexibility index (Phi) is 8.68. The van der Waals surface area contributed by atoms with E-state index in [2.05, 4.69) is 10.1 Å². The molecule has 1 heterocycles. The van der Waals surface area contributed by atoms with E-state index in [1.807, 2.05) is 32.9 Å². The van der Waals surface area contributed by atoms with E-state index in [1.54, 1.807) is 6.07 Å². The van der Waals surface area contributed by atoms with Crippen molar-refractivity contribution in [1.29, 1.82) is 0 Å². The molecular weight excluding hydrogens is 515 g/mol. The lowest BCUT2D eigenvalue weighted by atomic mass is 9.94. The van der Waals surface area contributed by atoms with Gasteiger partial charge in [0.05, 0.1) is 24.1 Å². The average Bonchev–Trinajstić information content (AvgIpc) is 3.20. The first-order chi connectivity index (χ1) is 16.9. The molecule has 0 aliphatic heterocycles. The third kappa shape index (κ3) is 6.59. The van der Waals surface area contributed by atoms with Crippen LogP contribution in [0.15, 0.2) is 42.5 Å². The number of ether oxygens (including phenoxy) is 2. The van der Waals surface area contributed by atoms with Crippen molar-refractivity contribution in [3.05, 3.63) is 73.9 Å². The van der Waals surface area contributed by atoms with Crippen molar-refractivity contribution in [2.75, 3.05) is 13.7 Å². The summed E-state index contributed by atoms with van der Waals surface area (Å²) in [6, 6.07) is 10.4. The molecule has 1 N–H and O–H groups in total. The summed E-state index contributed by atoms with van der Waals surface area (Å²) in [5.41, 5.74) is 2.54. The van der Waals surface area contributed by atoms with Crippen LogP contribution in [0.1, 0.15) is 50.7 Å². The number of hydrogen-bond acceptors (Lipinski definition) is 5. The number of halogens is 4. The molecule has 0 aliphatic carbocycles. The minimum atomic E-state index is -4.38. The van der Waals surface area contributed by atoms with Crippen LogP contribution in [0.5, 0.6) is 5.75 Å². The van der Waals surface area contributed by atoms with Crippen molar-refractivity contribution in [3.8, 4) is 16.9 Å². The van der Waals surface area contributed by atoms with E-state index in [1.165, 1.54) is 30.6 Å². The van der Waals surface area contributed by atoms with E-state index >= 15 is 0 Å². The van der Waals surface area contributed by atoms with Gasteiger partial charge in [-0.1, -0.05) is 23.7 Å². The molecule has 36 heavy (non-hydrogen) atoms. The number of aryl methyl sites for hydroxylation is 2. The second kappa shape index (κ2) is 11.3. The molecule has 1 aromatic heterocycles. The van der Waals surface area contributed by atoms with Crippen molar-refractivity contribution in [1.82, 2.24) is 5.32 Å². The fourth-order valence-corrected chi connectivity index (χ4v) is 5.07. The number of hydrogen-bond donors (Lipinski definition) is 1. The average molecular weight is 540 g/mol. The fraction of sp³-hybridized carbons (Fsp3) is 0.308. The molecule has 0 bridgehead atoms. The van der Waals surface area contributed by atoms with Crippen molar-refractivity contribution in [2.24, 2.45) is 0 Å². The summed E-state index contributed by atoms with van der Waals surface area (Å²) in [6.07, 6.45) is -4.75. The number of rotatable bonds is 8. The van der Waals surface area contributed by atoms with Crippen molar-refractivity contribution in [2.45, 2.75) is 39.5 Å². The van der Waals surface area contributed by atoms with Crippen LogP contribution >= 0.6 is 22.9 Å². The van der Waals surface area contributed by atoms with Crippen LogP contribution in [0, 0.1) is 13.8 Å². The highest BCUT2D eigenvalue weighted by atomic mass is 35.5. The van der Waals surface area contributed by atoms with E-state index in [0.717, 1.165) is 33.7 Å². The van der Waals surface area contributed by atoms with Crippen LogP contribution < -0.4 is 10.1 Å². The smallest absolute Gasteiger partial charge is 0.416 e. The maximum Gasteiger partial charge on any atom is 0.416 e. The molecule has 10 heteroatoms. The molecule has 0 radical (unpaired) electrons. The Morgan fingerprint density at radius 3 is 2.25 bits per heavy atom. The number of amides is 1. The first-order valence-corrected chi connectivity index (χ1v) is 12.2. The Balaban J connectivity index is 1.73. The van der Waals surface area contributed by atoms with Gasteiger partial charge in [0.1, 0.15) is 16.7 Å². The maximum absolute atomic E-state index is 12.9. The zero-order valence-electron chi connectivity index (χ0n) is 20.1. The highest BCUT2D eigenvalue weighted by Gasteiger charge is 2.30. The van der Waals surface area contributed by atoms with Gasteiger partial charge in [0, 0.05) is 11.4 Å². The predicted octanol–water partition coefficient (Wildman–Crippen LogP) is 7.14. The maximum atomic E-state index is 12.9. The molecule has 5 nitrogen and oxygen atoms in total. The predicted molar refractivity (Wildman–Crippen MR) is 134 cm³/mol. The molecule has 0 fully saturated rings. The molecule has 3 aromatic rings. The molecule has 3 rings (SSSR count). The molecular formula is C26H25ClF3NO4S. The van der Waals surface area contributed by atoms with Gasteiger partial charge in [-0.3, -0.25) is 9.59 Å². The highest BCUT2D eigenvalue weighted by molar-refractivity contribution is 7.14. The number of nitrogens with one attached hydrogen (secondary N) is 1. The van der Waals surface area contributed by atoms with Gasteiger partial charge in [0.15, 0.2) is 0 Å². The summed E-state index contributed by atoms with van der Waals surface area (Å²) >= 11 is 7.46. The number of esters is 1. The number of methoxy groups -OCH3 is 1. The summed E-state index contributed by atoms with van der Waals surface area (Å²) in [5, 5.41) is 2.92. The SMILES string of the molecule is COC(=O)CCNC(=O)c1sc(C(C)Oc2cc(C)c(-c3ccc(C(F)(F)F)cc3)c(C)c2)cc1Cl. The second-order valence-corrected chi connectivity index (χ2v) is 9.67. The van der Waals surface area contributed by atoms with Crippen LogP contribution in [0.25, 0.3) is 11.1 Å². The molecule has 192 valence electrons. The molecule has 0 saturated heterocycles. The third-order valence-corrected chi connectivity index (χ3v) is 7.18. The Labute approximate surface area is 216 Å². The lowest BCUT2D eigenvalue weighted by Gasteiger charge is -2.17. The molecule has 0 aliphatic rings. The largest absolute Gasteiger partial charge is 0.485 e. The molecule has 0 saturated carbocycles. The summed E-state index contributed by atoms with van der Waals surface area (Å²) < 4.78 is 49.4. The molecule has 0 spiro atoms. The van der Waals surface area contributed by atoms with Gasteiger partial charge >= 0.3 is 12.1 Å². The third-order valence-electron chi connectivity index (χ3n) is 5.48. The Morgan fingerprint density at radius 1 is 1.08 bits per heavy atom. The van der Waals surface area contributed by atoms with E-state index in [9.17, 15) is 22.8 Å². The summed E-state index contributed by atoms with van der Waals surface area (Å²) in [4.78, 5) is 24.7. The monoisotopic (exact) mass is 539 g/mol. The summed E-state index contributed by atoms with van der Waals surface area (Å²) in [7, 11) is 1.28. The van der Waals surface area contributed by atoms with E-state index < -0.39 is 23.8 Å². The summed E-state index contributed by atoms with van der Waals surface area (Å²) in [5.74, 6) is -0.230. The van der Waals surface area contributed by atoms with Gasteiger partial charge in [-0.2, -0.15) is 13.2 Å².